The van der Waals surface area contributed by atoms with E-state index >= 15 is 0 Å². The van der Waals surface area contributed by atoms with Crippen LogP contribution in [0.25, 0.3) is 10.9 Å². The molecule has 2 N–H and O–H groups in total. The first kappa shape index (κ1) is 23.1. The summed E-state index contributed by atoms with van der Waals surface area (Å²) in [6.45, 7) is 3.81. The van der Waals surface area contributed by atoms with Crippen LogP contribution in [0.4, 0.5) is 17.3 Å². The number of nitrogens with one attached hydrogen (secondary N) is 2. The summed E-state index contributed by atoms with van der Waals surface area (Å²) in [7, 11) is 1.53. The van der Waals surface area contributed by atoms with Crippen molar-refractivity contribution in [1.82, 2.24) is 25.3 Å². The van der Waals surface area contributed by atoms with Gasteiger partial charge in [0.2, 0.25) is 5.91 Å². The molecule has 1 amide bonds. The third-order valence-electron chi connectivity index (χ3n) is 6.93. The van der Waals surface area contributed by atoms with E-state index in [0.717, 1.165) is 46.8 Å². The zero-order chi connectivity index (χ0) is 25.4. The average molecular weight is 498 g/mol. The van der Waals surface area contributed by atoms with Crippen molar-refractivity contribution in [3.05, 3.63) is 66.9 Å². The minimum atomic E-state index is -0.0583. The Kier molecular flexibility index (Phi) is 6.01. The normalized spacial score (nSPS) is 19.9. The maximum absolute atomic E-state index is 11.8. The van der Waals surface area contributed by atoms with E-state index in [1.807, 2.05) is 43.3 Å². The zero-order valence-electron chi connectivity index (χ0n) is 20.6. The molecule has 6 rings (SSSR count). The van der Waals surface area contributed by atoms with Crippen molar-refractivity contribution in [3.8, 4) is 11.5 Å². The van der Waals surface area contributed by atoms with Crippen molar-refractivity contribution in [1.29, 1.82) is 0 Å². The van der Waals surface area contributed by atoms with Crippen LogP contribution in [0.15, 0.2) is 61.3 Å². The number of carbonyl (C=O) groups is 1. The quantitative estimate of drug-likeness (QED) is 0.378. The summed E-state index contributed by atoms with van der Waals surface area (Å²) in [6, 6.07) is 11.9. The number of hydrogen-bond acceptors (Lipinski definition) is 9. The summed E-state index contributed by atoms with van der Waals surface area (Å²) < 4.78 is 10.9. The molecule has 0 bridgehead atoms. The van der Waals surface area contributed by atoms with Gasteiger partial charge in [-0.2, -0.15) is 0 Å². The molecule has 1 aliphatic heterocycles. The number of rotatable bonds is 8. The van der Waals surface area contributed by atoms with Crippen molar-refractivity contribution in [3.63, 3.8) is 0 Å². The van der Waals surface area contributed by atoms with Gasteiger partial charge in [-0.3, -0.25) is 9.78 Å². The summed E-state index contributed by atoms with van der Waals surface area (Å²) in [5.41, 5.74) is 2.65. The van der Waals surface area contributed by atoms with Crippen molar-refractivity contribution in [2.24, 2.45) is 11.8 Å². The summed E-state index contributed by atoms with van der Waals surface area (Å²) >= 11 is 0. The molecule has 37 heavy (non-hydrogen) atoms. The molecule has 10 nitrogen and oxygen atoms in total. The number of piperidine rings is 1. The first-order valence-electron chi connectivity index (χ1n) is 12.2. The molecule has 2 aliphatic rings. The van der Waals surface area contributed by atoms with Crippen LogP contribution >= 0.6 is 0 Å². The monoisotopic (exact) mass is 497 g/mol. The molecule has 10 heteroatoms. The third kappa shape index (κ3) is 4.75. The Balaban J connectivity index is 1.17. The van der Waals surface area contributed by atoms with E-state index in [9.17, 15) is 4.79 Å². The molecule has 4 aromatic rings. The van der Waals surface area contributed by atoms with Gasteiger partial charge in [0.1, 0.15) is 36.1 Å². The van der Waals surface area contributed by atoms with Gasteiger partial charge in [0.05, 0.1) is 17.9 Å². The molecule has 2 atom stereocenters. The fourth-order valence-corrected chi connectivity index (χ4v) is 5.02. The lowest BCUT2D eigenvalue weighted by atomic mass is 10.2. The summed E-state index contributed by atoms with van der Waals surface area (Å²) in [4.78, 5) is 31.8. The van der Waals surface area contributed by atoms with E-state index in [1.165, 1.54) is 13.4 Å². The van der Waals surface area contributed by atoms with Crippen LogP contribution in [-0.4, -0.2) is 58.7 Å². The minimum Gasteiger partial charge on any atom is -0.455 e. The maximum atomic E-state index is 11.8. The van der Waals surface area contributed by atoms with E-state index in [0.29, 0.717) is 23.4 Å². The van der Waals surface area contributed by atoms with Gasteiger partial charge in [-0.25, -0.2) is 15.0 Å². The van der Waals surface area contributed by atoms with Gasteiger partial charge in [-0.1, -0.05) is 0 Å². The highest BCUT2D eigenvalue weighted by Crippen LogP contribution is 2.46. The highest BCUT2D eigenvalue weighted by atomic mass is 16.5. The second-order valence-corrected chi connectivity index (χ2v) is 9.44. The number of methoxy groups -OCH3 is 1. The highest BCUT2D eigenvalue weighted by molar-refractivity contribution is 5.92. The SMILES string of the molecule is COCC(=O)NC1C2CN(c3cc4c(Nc5ccc(Oc6cccnc6)c(C)c5)ncnc4cn3)CC21. The van der Waals surface area contributed by atoms with Crippen LogP contribution in [0, 0.1) is 18.8 Å². The van der Waals surface area contributed by atoms with Gasteiger partial charge in [0.25, 0.3) is 0 Å². The fourth-order valence-electron chi connectivity index (χ4n) is 5.02. The standard InChI is InChI=1S/C27H27N7O3/c1-16-8-17(5-6-23(16)37-18-4-3-7-28-10-18)32-27-19-9-24(29-11-22(19)30-15-31-27)34-12-20-21(13-34)26(20)33-25(35)14-36-2/h3-11,15,20-21,26H,12-14H2,1-2H3,(H,33,35)(H,30,31,32). The Hall–Kier alpha value is -4.31. The molecule has 1 aromatic carbocycles. The van der Waals surface area contributed by atoms with Gasteiger partial charge in [-0.15, -0.1) is 0 Å². The van der Waals surface area contributed by atoms with Crippen molar-refractivity contribution < 1.29 is 14.3 Å². The average Bonchev–Trinajstić information content (AvgIpc) is 3.32. The highest BCUT2D eigenvalue weighted by Gasteiger charge is 2.56. The Morgan fingerprint density at radius 3 is 2.73 bits per heavy atom. The molecule has 0 radical (unpaired) electrons. The number of benzene rings is 1. The van der Waals surface area contributed by atoms with Gasteiger partial charge >= 0.3 is 0 Å². The molecule has 2 fully saturated rings. The summed E-state index contributed by atoms with van der Waals surface area (Å²) in [5.74, 6) is 3.88. The number of pyridine rings is 2. The first-order chi connectivity index (χ1) is 18.1. The lowest BCUT2D eigenvalue weighted by Gasteiger charge is -2.21. The molecule has 1 aliphatic carbocycles. The minimum absolute atomic E-state index is 0.0583. The predicted molar refractivity (Wildman–Crippen MR) is 139 cm³/mol. The van der Waals surface area contributed by atoms with Crippen molar-refractivity contribution >= 4 is 34.1 Å². The number of amides is 1. The van der Waals surface area contributed by atoms with Crippen LogP contribution in [0.5, 0.6) is 11.5 Å². The van der Waals surface area contributed by atoms with Crippen LogP contribution in [0.1, 0.15) is 5.56 Å². The smallest absolute Gasteiger partial charge is 0.246 e. The van der Waals surface area contributed by atoms with Crippen LogP contribution in [0.3, 0.4) is 0 Å². The van der Waals surface area contributed by atoms with E-state index in [1.54, 1.807) is 18.6 Å². The van der Waals surface area contributed by atoms with Gasteiger partial charge in [-0.05, 0) is 48.9 Å². The number of hydrogen-bond donors (Lipinski definition) is 2. The van der Waals surface area contributed by atoms with Crippen LogP contribution in [0.2, 0.25) is 0 Å². The Labute approximate surface area is 214 Å². The number of anilines is 3. The summed E-state index contributed by atoms with van der Waals surface area (Å²) in [5, 5.41) is 7.39. The molecule has 1 saturated carbocycles. The second kappa shape index (κ2) is 9.62. The maximum Gasteiger partial charge on any atom is 0.246 e. The number of ether oxygens (including phenoxy) is 2. The Morgan fingerprint density at radius 1 is 1.11 bits per heavy atom. The number of aromatic nitrogens is 4. The van der Waals surface area contributed by atoms with E-state index in [-0.39, 0.29) is 18.6 Å². The lowest BCUT2D eigenvalue weighted by molar-refractivity contribution is -0.125. The molecule has 4 heterocycles. The molecular weight excluding hydrogens is 470 g/mol. The summed E-state index contributed by atoms with van der Waals surface area (Å²) in [6.07, 6.45) is 6.73. The molecule has 188 valence electrons. The third-order valence-corrected chi connectivity index (χ3v) is 6.93. The van der Waals surface area contributed by atoms with Crippen molar-refractivity contribution in [2.45, 2.75) is 13.0 Å². The number of nitrogens with zero attached hydrogens (tertiary/aromatic N) is 5. The van der Waals surface area contributed by atoms with Crippen molar-refractivity contribution in [2.75, 3.05) is 37.0 Å². The molecule has 2 unspecified atom stereocenters. The zero-order valence-corrected chi connectivity index (χ0v) is 20.6. The molecular formula is C27H27N7O3. The lowest BCUT2D eigenvalue weighted by Crippen LogP contribution is -2.36. The van der Waals surface area contributed by atoms with Gasteiger partial charge in [0.15, 0.2) is 0 Å². The molecule has 0 spiro atoms. The van der Waals surface area contributed by atoms with Crippen LogP contribution < -0.4 is 20.3 Å². The Morgan fingerprint density at radius 2 is 1.97 bits per heavy atom. The largest absolute Gasteiger partial charge is 0.455 e. The first-order valence-corrected chi connectivity index (χ1v) is 12.2. The molecule has 1 saturated heterocycles. The molecule has 3 aromatic heterocycles. The van der Waals surface area contributed by atoms with E-state index in [4.69, 9.17) is 9.47 Å². The predicted octanol–water partition coefficient (Wildman–Crippen LogP) is 3.46. The second-order valence-electron chi connectivity index (χ2n) is 9.44. The van der Waals surface area contributed by atoms with E-state index in [2.05, 4.69) is 35.5 Å². The van der Waals surface area contributed by atoms with Crippen LogP contribution in [-0.2, 0) is 9.53 Å². The number of carbonyl (C=O) groups excluding carboxylic acids is 1. The van der Waals surface area contributed by atoms with E-state index < -0.39 is 0 Å². The topological polar surface area (TPSA) is 114 Å². The Bertz CT molecular complexity index is 1440. The number of aryl methyl sites for hydroxylation is 1. The number of fused-ring (bicyclic) bond motifs is 2. The van der Waals surface area contributed by atoms with Gasteiger partial charge in [0, 0.05) is 55.3 Å². The fraction of sp³-hybridized carbons (Fsp3) is 0.296. The van der Waals surface area contributed by atoms with Gasteiger partial charge < -0.3 is 25.0 Å².